The van der Waals surface area contributed by atoms with Crippen molar-refractivity contribution in [1.29, 1.82) is 0 Å². The van der Waals surface area contributed by atoms with Gasteiger partial charge < -0.3 is 9.84 Å². The number of nitrogens with one attached hydrogen (secondary N) is 1. The van der Waals surface area contributed by atoms with Gasteiger partial charge in [0.15, 0.2) is 0 Å². The molecule has 1 atom stereocenters. The molecule has 0 saturated heterocycles. The summed E-state index contributed by atoms with van der Waals surface area (Å²) in [7, 11) is -2.62. The number of hydrogen-bond donors (Lipinski definition) is 2. The fourth-order valence-corrected chi connectivity index (χ4v) is 1.89. The number of carboxylic acid groups (broad SMARTS) is 1. The lowest BCUT2D eigenvalue weighted by molar-refractivity contribution is -0.140. The number of esters is 1. The van der Waals surface area contributed by atoms with Crippen LogP contribution in [0.1, 0.15) is 13.3 Å². The van der Waals surface area contributed by atoms with Crippen LogP contribution in [0, 0.1) is 0 Å². The van der Waals surface area contributed by atoms with E-state index in [1.165, 1.54) is 6.92 Å². The third kappa shape index (κ3) is 6.02. The van der Waals surface area contributed by atoms with Crippen molar-refractivity contribution in [2.75, 3.05) is 12.9 Å². The van der Waals surface area contributed by atoms with E-state index in [0.29, 0.717) is 0 Å². The van der Waals surface area contributed by atoms with E-state index in [4.69, 9.17) is 5.11 Å². The molecule has 88 valence electrons. The summed E-state index contributed by atoms with van der Waals surface area (Å²) in [6, 6.07) is -1.22. The van der Waals surface area contributed by atoms with E-state index < -0.39 is 33.8 Å². The molecule has 0 aliphatic rings. The number of hydrogen-bond acceptors (Lipinski definition) is 5. The maximum atomic E-state index is 11.2. The predicted octanol–water partition coefficient (Wildman–Crippen LogP) is -1.06. The molecule has 0 bridgehead atoms. The van der Waals surface area contributed by atoms with E-state index in [9.17, 15) is 18.0 Å². The van der Waals surface area contributed by atoms with Crippen molar-refractivity contribution >= 4 is 22.0 Å². The molecule has 0 spiro atoms. The molecule has 0 aromatic rings. The molecule has 15 heavy (non-hydrogen) atoms. The molecule has 0 aromatic heterocycles. The fraction of sp³-hybridized carbons (Fsp3) is 0.714. The Labute approximate surface area is 87.5 Å². The normalized spacial score (nSPS) is 13.2. The number of aliphatic carboxylic acids is 1. The fourth-order valence-electron chi connectivity index (χ4n) is 0.698. The molecule has 0 aromatic carbocycles. The van der Waals surface area contributed by atoms with E-state index in [1.54, 1.807) is 0 Å². The summed E-state index contributed by atoms with van der Waals surface area (Å²) in [5.74, 6) is -2.43. The molecule has 0 fully saturated rings. The maximum Gasteiger partial charge on any atom is 0.321 e. The number of sulfonamides is 1. The van der Waals surface area contributed by atoms with Gasteiger partial charge in [-0.25, -0.2) is 13.1 Å². The van der Waals surface area contributed by atoms with Crippen molar-refractivity contribution in [1.82, 2.24) is 4.72 Å². The molecule has 0 heterocycles. The Bertz CT molecular complexity index is 335. The van der Waals surface area contributed by atoms with Gasteiger partial charge in [-0.2, -0.15) is 0 Å². The molecule has 0 aliphatic carbocycles. The molecule has 0 unspecified atom stereocenters. The Hall–Kier alpha value is -1.15. The van der Waals surface area contributed by atoms with Gasteiger partial charge in [0.1, 0.15) is 6.04 Å². The van der Waals surface area contributed by atoms with Gasteiger partial charge in [-0.05, 0) is 6.92 Å². The molecule has 0 radical (unpaired) electrons. The first-order valence-corrected chi connectivity index (χ1v) is 5.73. The smallest absolute Gasteiger partial charge is 0.321 e. The van der Waals surface area contributed by atoms with Crippen molar-refractivity contribution in [3.63, 3.8) is 0 Å². The highest BCUT2D eigenvalue weighted by molar-refractivity contribution is 7.89. The molecule has 0 rings (SSSR count). The topological polar surface area (TPSA) is 110 Å². The maximum absolute atomic E-state index is 11.2. The van der Waals surface area contributed by atoms with Crippen molar-refractivity contribution in [3.8, 4) is 0 Å². The Kier molecular flexibility index (Phi) is 5.23. The Morgan fingerprint density at radius 2 is 2.00 bits per heavy atom. The third-order valence-corrected chi connectivity index (χ3v) is 2.98. The summed E-state index contributed by atoms with van der Waals surface area (Å²) in [6.07, 6.45) is -0.307. The second kappa shape index (κ2) is 5.66. The van der Waals surface area contributed by atoms with Crippen LogP contribution in [0.5, 0.6) is 0 Å². The number of rotatable bonds is 6. The minimum atomic E-state index is -3.76. The first-order chi connectivity index (χ1) is 6.78. The van der Waals surface area contributed by atoms with Crippen LogP contribution in [0.15, 0.2) is 0 Å². The third-order valence-electron chi connectivity index (χ3n) is 1.53. The van der Waals surface area contributed by atoms with E-state index in [2.05, 4.69) is 4.74 Å². The molecule has 0 aliphatic heterocycles. The van der Waals surface area contributed by atoms with Gasteiger partial charge in [-0.15, -0.1) is 0 Å². The molecular weight excluding hydrogens is 226 g/mol. The minimum Gasteiger partial charge on any atom is -0.480 e. The highest BCUT2D eigenvalue weighted by Crippen LogP contribution is 1.94. The largest absolute Gasteiger partial charge is 0.480 e. The quantitative estimate of drug-likeness (QED) is 0.572. The first kappa shape index (κ1) is 13.8. The zero-order valence-corrected chi connectivity index (χ0v) is 9.20. The summed E-state index contributed by atoms with van der Waals surface area (Å²) >= 11 is 0. The Balaban J connectivity index is 4.20. The molecule has 0 saturated carbocycles. The summed E-state index contributed by atoms with van der Waals surface area (Å²) in [6.45, 7) is 1.19. The van der Waals surface area contributed by atoms with Crippen LogP contribution in [0.2, 0.25) is 0 Å². The summed E-state index contributed by atoms with van der Waals surface area (Å²) < 4.78 is 28.5. The molecule has 8 heteroatoms. The van der Waals surface area contributed by atoms with E-state index in [-0.39, 0.29) is 6.42 Å². The highest BCUT2D eigenvalue weighted by Gasteiger charge is 2.20. The van der Waals surface area contributed by atoms with Crippen molar-refractivity contribution in [2.45, 2.75) is 19.4 Å². The minimum absolute atomic E-state index is 0.307. The zero-order chi connectivity index (χ0) is 12.1. The average Bonchev–Trinajstić information content (AvgIpc) is 2.13. The average molecular weight is 239 g/mol. The standard InChI is InChI=1S/C7H13NO6S/c1-5(7(10)11)8-15(12,13)4-3-6(9)14-2/h5,8H,3-4H2,1-2H3,(H,10,11)/t5-/m1/s1. The number of carbonyl (C=O) groups excluding carboxylic acids is 1. The predicted molar refractivity (Wildman–Crippen MR) is 50.7 cm³/mol. The van der Waals surface area contributed by atoms with Crippen LogP contribution >= 0.6 is 0 Å². The van der Waals surface area contributed by atoms with Crippen molar-refractivity contribution < 1.29 is 27.9 Å². The van der Waals surface area contributed by atoms with Gasteiger partial charge in [0.05, 0.1) is 19.3 Å². The van der Waals surface area contributed by atoms with E-state index in [0.717, 1.165) is 7.11 Å². The molecule has 0 amide bonds. The molecule has 2 N–H and O–H groups in total. The van der Waals surface area contributed by atoms with Gasteiger partial charge in [0.2, 0.25) is 10.0 Å². The lowest BCUT2D eigenvalue weighted by Crippen LogP contribution is -2.39. The molecular formula is C7H13NO6S. The van der Waals surface area contributed by atoms with Crippen LogP contribution in [0.4, 0.5) is 0 Å². The number of methoxy groups -OCH3 is 1. The monoisotopic (exact) mass is 239 g/mol. The lowest BCUT2D eigenvalue weighted by atomic mass is 10.4. The number of carboxylic acids is 1. The van der Waals surface area contributed by atoms with Crippen LogP contribution in [-0.4, -0.2) is 44.4 Å². The van der Waals surface area contributed by atoms with Gasteiger partial charge in [0, 0.05) is 0 Å². The van der Waals surface area contributed by atoms with Crippen LogP contribution in [0.3, 0.4) is 0 Å². The van der Waals surface area contributed by atoms with Crippen LogP contribution < -0.4 is 4.72 Å². The second-order valence-electron chi connectivity index (χ2n) is 2.82. The van der Waals surface area contributed by atoms with Crippen LogP contribution in [-0.2, 0) is 24.3 Å². The van der Waals surface area contributed by atoms with Gasteiger partial charge in [-0.1, -0.05) is 0 Å². The second-order valence-corrected chi connectivity index (χ2v) is 4.70. The summed E-state index contributed by atoms with van der Waals surface area (Å²) in [4.78, 5) is 21.0. The molecule has 7 nitrogen and oxygen atoms in total. The van der Waals surface area contributed by atoms with Crippen molar-refractivity contribution in [2.24, 2.45) is 0 Å². The van der Waals surface area contributed by atoms with Crippen molar-refractivity contribution in [3.05, 3.63) is 0 Å². The zero-order valence-electron chi connectivity index (χ0n) is 8.39. The number of carbonyl (C=O) groups is 2. The number of ether oxygens (including phenoxy) is 1. The van der Waals surface area contributed by atoms with Gasteiger partial charge >= 0.3 is 11.9 Å². The summed E-state index contributed by atoms with van der Waals surface area (Å²) in [5, 5.41) is 8.45. The van der Waals surface area contributed by atoms with E-state index >= 15 is 0 Å². The van der Waals surface area contributed by atoms with Crippen LogP contribution in [0.25, 0.3) is 0 Å². The lowest BCUT2D eigenvalue weighted by Gasteiger charge is -2.09. The van der Waals surface area contributed by atoms with Gasteiger partial charge in [0.25, 0.3) is 0 Å². The van der Waals surface area contributed by atoms with Gasteiger partial charge in [-0.3, -0.25) is 9.59 Å². The van der Waals surface area contributed by atoms with E-state index in [1.807, 2.05) is 4.72 Å². The Morgan fingerprint density at radius 1 is 1.47 bits per heavy atom. The SMILES string of the molecule is COC(=O)CCS(=O)(=O)N[C@H](C)C(=O)O. The summed E-state index contributed by atoms with van der Waals surface area (Å²) in [5.41, 5.74) is 0. The highest BCUT2D eigenvalue weighted by atomic mass is 32.2. The first-order valence-electron chi connectivity index (χ1n) is 4.08. The Morgan fingerprint density at radius 3 is 2.40 bits per heavy atom.